The van der Waals surface area contributed by atoms with E-state index in [1.54, 1.807) is 0 Å². The second-order valence-corrected chi connectivity index (χ2v) is 5.52. The molecular weight excluding hydrogens is 315 g/mol. The quantitative estimate of drug-likeness (QED) is 0.856. The molecule has 1 N–H and O–H groups in total. The zero-order valence-electron chi connectivity index (χ0n) is 11.5. The summed E-state index contributed by atoms with van der Waals surface area (Å²) in [6.07, 6.45) is -1.52. The van der Waals surface area contributed by atoms with Crippen LogP contribution in [0.3, 0.4) is 0 Å². The standard InChI is InChI=1S/C15H13ClF3N3/c16-13-11-2-1-3-12(11)21-14(22-13)20-8-9-4-6-10(7-5-9)15(17,18)19/h4-7H,1-3,8H2,(H,20,21,22). The molecule has 0 amide bonds. The van der Waals surface area contributed by atoms with Crippen molar-refractivity contribution in [2.75, 3.05) is 5.32 Å². The molecule has 0 aliphatic heterocycles. The normalized spacial score (nSPS) is 14.0. The van der Waals surface area contributed by atoms with E-state index >= 15 is 0 Å². The molecule has 0 unspecified atom stereocenters. The van der Waals surface area contributed by atoms with Gasteiger partial charge in [0, 0.05) is 12.1 Å². The number of halogens is 4. The lowest BCUT2D eigenvalue weighted by molar-refractivity contribution is -0.137. The van der Waals surface area contributed by atoms with Crippen LogP contribution in [-0.2, 0) is 25.6 Å². The molecule has 1 aliphatic carbocycles. The largest absolute Gasteiger partial charge is 0.416 e. The summed E-state index contributed by atoms with van der Waals surface area (Å²) in [7, 11) is 0. The molecule has 3 rings (SSSR count). The molecule has 0 saturated heterocycles. The van der Waals surface area contributed by atoms with Gasteiger partial charge in [0.15, 0.2) is 0 Å². The van der Waals surface area contributed by atoms with Crippen LogP contribution in [0.15, 0.2) is 24.3 Å². The van der Waals surface area contributed by atoms with Gasteiger partial charge in [0.25, 0.3) is 0 Å². The van der Waals surface area contributed by atoms with Crippen molar-refractivity contribution in [1.82, 2.24) is 9.97 Å². The van der Waals surface area contributed by atoms with Crippen LogP contribution in [0.5, 0.6) is 0 Å². The molecular formula is C15H13ClF3N3. The topological polar surface area (TPSA) is 37.8 Å². The molecule has 0 saturated carbocycles. The van der Waals surface area contributed by atoms with E-state index in [0.29, 0.717) is 23.2 Å². The van der Waals surface area contributed by atoms with E-state index in [0.717, 1.165) is 42.7 Å². The molecule has 1 aromatic heterocycles. The third kappa shape index (κ3) is 3.16. The minimum Gasteiger partial charge on any atom is -0.350 e. The summed E-state index contributed by atoms with van der Waals surface area (Å²) in [6.45, 7) is 0.341. The average molecular weight is 328 g/mol. The van der Waals surface area contributed by atoms with Gasteiger partial charge in [-0.1, -0.05) is 23.7 Å². The van der Waals surface area contributed by atoms with Gasteiger partial charge in [0.05, 0.1) is 11.3 Å². The van der Waals surface area contributed by atoms with Crippen LogP contribution < -0.4 is 5.32 Å². The highest BCUT2D eigenvalue weighted by atomic mass is 35.5. The predicted molar refractivity (Wildman–Crippen MR) is 77.8 cm³/mol. The molecule has 0 radical (unpaired) electrons. The second-order valence-electron chi connectivity index (χ2n) is 5.17. The zero-order chi connectivity index (χ0) is 15.7. The number of aromatic nitrogens is 2. The number of nitrogens with one attached hydrogen (secondary N) is 1. The smallest absolute Gasteiger partial charge is 0.350 e. The maximum Gasteiger partial charge on any atom is 0.416 e. The molecule has 2 aromatic rings. The number of fused-ring (bicyclic) bond motifs is 1. The third-order valence-electron chi connectivity index (χ3n) is 3.61. The molecule has 1 aromatic carbocycles. The van der Waals surface area contributed by atoms with Crippen LogP contribution in [0, 0.1) is 0 Å². The molecule has 0 atom stereocenters. The summed E-state index contributed by atoms with van der Waals surface area (Å²) in [4.78, 5) is 8.58. The Kier molecular flexibility index (Phi) is 3.95. The minimum absolute atomic E-state index is 0.341. The first kappa shape index (κ1) is 15.1. The molecule has 3 nitrogen and oxygen atoms in total. The summed E-state index contributed by atoms with van der Waals surface area (Å²) in [5, 5.41) is 3.46. The van der Waals surface area contributed by atoms with E-state index in [9.17, 15) is 13.2 Å². The first-order valence-electron chi connectivity index (χ1n) is 6.89. The number of aryl methyl sites for hydroxylation is 1. The molecule has 22 heavy (non-hydrogen) atoms. The van der Waals surface area contributed by atoms with Crippen molar-refractivity contribution in [2.24, 2.45) is 0 Å². The van der Waals surface area contributed by atoms with Gasteiger partial charge in [-0.15, -0.1) is 0 Å². The van der Waals surface area contributed by atoms with E-state index in [2.05, 4.69) is 15.3 Å². The number of hydrogen-bond donors (Lipinski definition) is 1. The van der Waals surface area contributed by atoms with Crippen molar-refractivity contribution in [2.45, 2.75) is 32.0 Å². The molecule has 1 heterocycles. The Morgan fingerprint density at radius 1 is 1.09 bits per heavy atom. The van der Waals surface area contributed by atoms with Crippen LogP contribution in [0.2, 0.25) is 5.15 Å². The molecule has 0 fully saturated rings. The molecule has 1 aliphatic rings. The van der Waals surface area contributed by atoms with E-state index in [4.69, 9.17) is 11.6 Å². The highest BCUT2D eigenvalue weighted by molar-refractivity contribution is 6.30. The van der Waals surface area contributed by atoms with Crippen molar-refractivity contribution >= 4 is 17.5 Å². The Morgan fingerprint density at radius 2 is 1.82 bits per heavy atom. The summed E-state index contributed by atoms with van der Waals surface area (Å²) < 4.78 is 37.5. The number of anilines is 1. The fourth-order valence-corrected chi connectivity index (χ4v) is 2.74. The first-order valence-corrected chi connectivity index (χ1v) is 7.26. The van der Waals surface area contributed by atoms with Crippen molar-refractivity contribution in [3.63, 3.8) is 0 Å². The van der Waals surface area contributed by atoms with Crippen LogP contribution in [0.25, 0.3) is 0 Å². The molecule has 7 heteroatoms. The van der Waals surface area contributed by atoms with Gasteiger partial charge in [-0.3, -0.25) is 0 Å². The molecule has 0 bridgehead atoms. The maximum atomic E-state index is 12.5. The van der Waals surface area contributed by atoms with Crippen LogP contribution in [-0.4, -0.2) is 9.97 Å². The number of hydrogen-bond acceptors (Lipinski definition) is 3. The Bertz CT molecular complexity index is 684. The summed E-state index contributed by atoms with van der Waals surface area (Å²) in [5.74, 6) is 0.408. The summed E-state index contributed by atoms with van der Waals surface area (Å²) in [5.41, 5.74) is 2.01. The van der Waals surface area contributed by atoms with Gasteiger partial charge < -0.3 is 5.32 Å². The number of rotatable bonds is 3. The fraction of sp³-hybridized carbons (Fsp3) is 0.333. The van der Waals surface area contributed by atoms with E-state index < -0.39 is 11.7 Å². The van der Waals surface area contributed by atoms with E-state index in [1.165, 1.54) is 12.1 Å². The predicted octanol–water partition coefficient (Wildman–Crippen LogP) is 4.25. The highest BCUT2D eigenvalue weighted by Gasteiger charge is 2.29. The van der Waals surface area contributed by atoms with Gasteiger partial charge >= 0.3 is 6.18 Å². The van der Waals surface area contributed by atoms with Crippen molar-refractivity contribution in [1.29, 1.82) is 0 Å². The highest BCUT2D eigenvalue weighted by Crippen LogP contribution is 2.29. The fourth-order valence-electron chi connectivity index (χ4n) is 2.46. The minimum atomic E-state index is -4.32. The van der Waals surface area contributed by atoms with Gasteiger partial charge in [-0.05, 0) is 37.0 Å². The third-order valence-corrected chi connectivity index (χ3v) is 3.93. The Morgan fingerprint density at radius 3 is 2.50 bits per heavy atom. The van der Waals surface area contributed by atoms with Crippen molar-refractivity contribution in [3.05, 3.63) is 51.8 Å². The average Bonchev–Trinajstić information content (AvgIpc) is 2.93. The zero-order valence-corrected chi connectivity index (χ0v) is 12.3. The monoisotopic (exact) mass is 327 g/mol. The number of nitrogens with zero attached hydrogens (tertiary/aromatic N) is 2. The van der Waals surface area contributed by atoms with Crippen molar-refractivity contribution < 1.29 is 13.2 Å². The summed E-state index contributed by atoms with van der Waals surface area (Å²) in [6, 6.07) is 5.00. The van der Waals surface area contributed by atoms with Gasteiger partial charge in [-0.25, -0.2) is 9.97 Å². The van der Waals surface area contributed by atoms with Crippen LogP contribution >= 0.6 is 11.6 Å². The lowest BCUT2D eigenvalue weighted by Crippen LogP contribution is -2.07. The Balaban J connectivity index is 1.69. The first-order chi connectivity index (χ1) is 10.4. The molecule has 116 valence electrons. The van der Waals surface area contributed by atoms with Crippen molar-refractivity contribution in [3.8, 4) is 0 Å². The van der Waals surface area contributed by atoms with Gasteiger partial charge in [0.1, 0.15) is 5.15 Å². The van der Waals surface area contributed by atoms with Crippen LogP contribution in [0.4, 0.5) is 19.1 Å². The second kappa shape index (κ2) is 5.76. The SMILES string of the molecule is FC(F)(F)c1ccc(CNc2nc(Cl)c3c(n2)CCC3)cc1. The lowest BCUT2D eigenvalue weighted by atomic mass is 10.1. The Hall–Kier alpha value is -1.82. The maximum absolute atomic E-state index is 12.5. The number of benzene rings is 1. The number of alkyl halides is 3. The van der Waals surface area contributed by atoms with E-state index in [1.807, 2.05) is 0 Å². The Labute approximate surface area is 130 Å². The van der Waals surface area contributed by atoms with Crippen LogP contribution in [0.1, 0.15) is 28.8 Å². The summed E-state index contributed by atoms with van der Waals surface area (Å²) >= 11 is 6.11. The van der Waals surface area contributed by atoms with Gasteiger partial charge in [-0.2, -0.15) is 13.2 Å². The van der Waals surface area contributed by atoms with Gasteiger partial charge in [0.2, 0.25) is 5.95 Å². The lowest BCUT2D eigenvalue weighted by Gasteiger charge is -2.10. The van der Waals surface area contributed by atoms with E-state index in [-0.39, 0.29) is 0 Å². The molecule has 0 spiro atoms.